The Morgan fingerprint density at radius 3 is 2.32 bits per heavy atom. The van der Waals surface area contributed by atoms with Crippen molar-refractivity contribution in [2.24, 2.45) is 0 Å². The Hall–Kier alpha value is -3.23. The van der Waals surface area contributed by atoms with Crippen LogP contribution < -0.4 is 10.6 Å². The predicted molar refractivity (Wildman–Crippen MR) is 128 cm³/mol. The maximum atomic E-state index is 12.8. The molecule has 0 radical (unpaired) electrons. The molecule has 0 fully saturated rings. The quantitative estimate of drug-likeness (QED) is 0.303. The maximum absolute atomic E-state index is 12.8. The van der Waals surface area contributed by atoms with Crippen molar-refractivity contribution in [3.05, 3.63) is 66.0 Å². The summed E-state index contributed by atoms with van der Waals surface area (Å²) in [7, 11) is 0. The van der Waals surface area contributed by atoms with Crippen molar-refractivity contribution in [2.45, 2.75) is 24.1 Å². The van der Waals surface area contributed by atoms with Crippen molar-refractivity contribution in [1.82, 2.24) is 9.97 Å². The summed E-state index contributed by atoms with van der Waals surface area (Å²) in [5, 5.41) is 8.95. The lowest BCUT2D eigenvalue weighted by Crippen LogP contribution is -2.22. The number of carbonyl (C=O) groups excluding carboxylic acids is 2. The molecule has 0 saturated carbocycles. The van der Waals surface area contributed by atoms with E-state index in [1.807, 2.05) is 48.7 Å². The van der Waals surface area contributed by atoms with Crippen LogP contribution in [0.1, 0.15) is 13.8 Å². The SMILES string of the molecule is CC(=O)Nc1ccc(NC(=O)[C@H](C)Sc2nc(-c3cccs3)nc3ccccc23)cc1. The fourth-order valence-electron chi connectivity index (χ4n) is 2.96. The van der Waals surface area contributed by atoms with E-state index in [0.717, 1.165) is 20.8 Å². The lowest BCUT2D eigenvalue weighted by molar-refractivity contribution is -0.115. The molecule has 0 spiro atoms. The van der Waals surface area contributed by atoms with E-state index in [1.165, 1.54) is 18.7 Å². The van der Waals surface area contributed by atoms with Gasteiger partial charge in [-0.2, -0.15) is 0 Å². The molecule has 31 heavy (non-hydrogen) atoms. The Labute approximate surface area is 188 Å². The van der Waals surface area contributed by atoms with E-state index in [0.29, 0.717) is 17.2 Å². The molecule has 2 heterocycles. The topological polar surface area (TPSA) is 84.0 Å². The minimum atomic E-state index is -0.371. The number of anilines is 2. The number of benzene rings is 2. The molecule has 0 aliphatic heterocycles. The highest BCUT2D eigenvalue weighted by atomic mass is 32.2. The Kier molecular flexibility index (Phi) is 6.29. The van der Waals surface area contributed by atoms with Gasteiger partial charge in [-0.25, -0.2) is 9.97 Å². The number of amides is 2. The first-order valence-electron chi connectivity index (χ1n) is 9.65. The zero-order chi connectivity index (χ0) is 21.8. The van der Waals surface area contributed by atoms with E-state index in [1.54, 1.807) is 35.6 Å². The summed E-state index contributed by atoms with van der Waals surface area (Å²) in [5.74, 6) is 0.399. The lowest BCUT2D eigenvalue weighted by Gasteiger charge is -2.14. The van der Waals surface area contributed by atoms with E-state index in [9.17, 15) is 9.59 Å². The second-order valence-electron chi connectivity index (χ2n) is 6.85. The zero-order valence-electron chi connectivity index (χ0n) is 17.0. The molecular weight excluding hydrogens is 428 g/mol. The fraction of sp³-hybridized carbons (Fsp3) is 0.130. The van der Waals surface area contributed by atoms with Crippen molar-refractivity contribution in [2.75, 3.05) is 10.6 Å². The number of hydrogen-bond acceptors (Lipinski definition) is 6. The van der Waals surface area contributed by atoms with Gasteiger partial charge in [0, 0.05) is 23.7 Å². The number of thioether (sulfide) groups is 1. The van der Waals surface area contributed by atoms with Gasteiger partial charge in [-0.05, 0) is 48.7 Å². The summed E-state index contributed by atoms with van der Waals surface area (Å²) in [4.78, 5) is 34.3. The van der Waals surface area contributed by atoms with Gasteiger partial charge >= 0.3 is 0 Å². The average Bonchev–Trinajstić information content (AvgIpc) is 3.29. The highest BCUT2D eigenvalue weighted by Gasteiger charge is 2.19. The molecule has 0 aliphatic carbocycles. The van der Waals surface area contributed by atoms with Gasteiger partial charge in [-0.3, -0.25) is 9.59 Å². The first-order chi connectivity index (χ1) is 15.0. The van der Waals surface area contributed by atoms with Gasteiger partial charge in [0.25, 0.3) is 0 Å². The van der Waals surface area contributed by atoms with Crippen LogP contribution in [0.25, 0.3) is 21.6 Å². The van der Waals surface area contributed by atoms with Gasteiger partial charge < -0.3 is 10.6 Å². The summed E-state index contributed by atoms with van der Waals surface area (Å²) in [5.41, 5.74) is 2.20. The molecule has 2 aromatic carbocycles. The summed E-state index contributed by atoms with van der Waals surface area (Å²) in [6.07, 6.45) is 0. The number of nitrogens with one attached hydrogen (secondary N) is 2. The number of thiophene rings is 1. The Morgan fingerprint density at radius 2 is 1.65 bits per heavy atom. The molecule has 2 amide bonds. The summed E-state index contributed by atoms with van der Waals surface area (Å²) in [6.45, 7) is 3.31. The monoisotopic (exact) mass is 448 g/mol. The van der Waals surface area contributed by atoms with E-state index < -0.39 is 0 Å². The second kappa shape index (κ2) is 9.28. The lowest BCUT2D eigenvalue weighted by atomic mass is 10.2. The maximum Gasteiger partial charge on any atom is 0.237 e. The van der Waals surface area contributed by atoms with Crippen LogP contribution in [0.3, 0.4) is 0 Å². The number of aromatic nitrogens is 2. The average molecular weight is 449 g/mol. The molecular formula is C23H20N4O2S2. The van der Waals surface area contributed by atoms with Crippen LogP contribution in [0.4, 0.5) is 11.4 Å². The molecule has 1 atom stereocenters. The summed E-state index contributed by atoms with van der Waals surface area (Å²) in [6, 6.07) is 18.8. The third-order valence-corrected chi connectivity index (χ3v) is 6.41. The van der Waals surface area contributed by atoms with Crippen LogP contribution in [0.5, 0.6) is 0 Å². The largest absolute Gasteiger partial charge is 0.326 e. The molecule has 4 aromatic rings. The Bertz CT molecular complexity index is 1220. The summed E-state index contributed by atoms with van der Waals surface area (Å²) < 4.78 is 0. The Balaban J connectivity index is 1.53. The first kappa shape index (κ1) is 21.0. The second-order valence-corrected chi connectivity index (χ2v) is 9.13. The highest BCUT2D eigenvalue weighted by molar-refractivity contribution is 8.00. The van der Waals surface area contributed by atoms with Crippen LogP contribution in [0.2, 0.25) is 0 Å². The van der Waals surface area contributed by atoms with Gasteiger partial charge in [-0.15, -0.1) is 11.3 Å². The Morgan fingerprint density at radius 1 is 0.935 bits per heavy atom. The third-order valence-electron chi connectivity index (χ3n) is 4.44. The van der Waals surface area contributed by atoms with Crippen molar-refractivity contribution < 1.29 is 9.59 Å². The first-order valence-corrected chi connectivity index (χ1v) is 11.4. The van der Waals surface area contributed by atoms with Crippen molar-refractivity contribution >= 4 is 57.2 Å². The zero-order valence-corrected chi connectivity index (χ0v) is 18.6. The molecule has 0 bridgehead atoms. The van der Waals surface area contributed by atoms with Crippen LogP contribution in [-0.4, -0.2) is 27.0 Å². The fourth-order valence-corrected chi connectivity index (χ4v) is 4.56. The third kappa shape index (κ3) is 5.10. The van der Waals surface area contributed by atoms with E-state index in [-0.39, 0.29) is 17.1 Å². The van der Waals surface area contributed by atoms with Crippen molar-refractivity contribution in [1.29, 1.82) is 0 Å². The van der Waals surface area contributed by atoms with E-state index in [2.05, 4.69) is 15.6 Å². The van der Waals surface area contributed by atoms with Gasteiger partial charge in [0.1, 0.15) is 5.03 Å². The van der Waals surface area contributed by atoms with E-state index in [4.69, 9.17) is 4.98 Å². The highest BCUT2D eigenvalue weighted by Crippen LogP contribution is 2.32. The number of nitrogens with zero attached hydrogens (tertiary/aromatic N) is 2. The van der Waals surface area contributed by atoms with Crippen LogP contribution >= 0.6 is 23.1 Å². The molecule has 8 heteroatoms. The van der Waals surface area contributed by atoms with Crippen LogP contribution in [0.15, 0.2) is 71.1 Å². The van der Waals surface area contributed by atoms with Gasteiger partial charge in [0.15, 0.2) is 5.82 Å². The minimum Gasteiger partial charge on any atom is -0.326 e. The number of para-hydroxylation sites is 1. The van der Waals surface area contributed by atoms with Gasteiger partial charge in [0.2, 0.25) is 11.8 Å². The molecule has 6 nitrogen and oxygen atoms in total. The molecule has 0 saturated heterocycles. The molecule has 0 unspecified atom stereocenters. The van der Waals surface area contributed by atoms with Crippen molar-refractivity contribution in [3.8, 4) is 10.7 Å². The van der Waals surface area contributed by atoms with Crippen molar-refractivity contribution in [3.63, 3.8) is 0 Å². The standard InChI is InChI=1S/C23H20N4O2S2/c1-14(22(29)25-17-11-9-16(10-12-17)24-15(2)28)31-23-18-6-3-4-7-19(18)26-21(27-23)20-8-5-13-30-20/h3-14H,1-2H3,(H,24,28)(H,25,29)/t14-/m0/s1. The minimum absolute atomic E-state index is 0.127. The number of carbonyl (C=O) groups is 2. The molecule has 2 N–H and O–H groups in total. The summed E-state index contributed by atoms with van der Waals surface area (Å²) >= 11 is 2.99. The van der Waals surface area contributed by atoms with Crippen LogP contribution in [-0.2, 0) is 9.59 Å². The van der Waals surface area contributed by atoms with E-state index >= 15 is 0 Å². The van der Waals surface area contributed by atoms with Crippen LogP contribution in [0, 0.1) is 0 Å². The van der Waals surface area contributed by atoms with Gasteiger partial charge in [0.05, 0.1) is 15.6 Å². The molecule has 156 valence electrons. The molecule has 2 aromatic heterocycles. The molecule has 4 rings (SSSR count). The number of hydrogen-bond donors (Lipinski definition) is 2. The predicted octanol–water partition coefficient (Wildman–Crippen LogP) is 5.44. The van der Waals surface area contributed by atoms with Gasteiger partial charge in [-0.1, -0.05) is 36.0 Å². The normalized spacial score (nSPS) is 11.8. The smallest absolute Gasteiger partial charge is 0.237 e. The number of fused-ring (bicyclic) bond motifs is 1. The number of rotatable bonds is 6. The molecule has 0 aliphatic rings.